The summed E-state index contributed by atoms with van der Waals surface area (Å²) in [6, 6.07) is 1.69. The van der Waals surface area contributed by atoms with Gasteiger partial charge >= 0.3 is 5.97 Å². The Hall–Kier alpha value is -1.01. The molecule has 0 heterocycles. The van der Waals surface area contributed by atoms with Gasteiger partial charge in [-0.1, -0.05) is 0 Å². The number of aliphatic carboxylic acids is 1. The first kappa shape index (κ1) is 14.1. The van der Waals surface area contributed by atoms with E-state index in [-0.39, 0.29) is 0 Å². The third-order valence-electron chi connectivity index (χ3n) is 1.99. The third-order valence-corrected chi connectivity index (χ3v) is 4.13. The average molecular weight is 366 g/mol. The molecule has 0 atom stereocenters. The van der Waals surface area contributed by atoms with Crippen molar-refractivity contribution in [2.45, 2.75) is 0 Å². The number of carboxylic acid groups (broad SMARTS) is 1. The van der Waals surface area contributed by atoms with Gasteiger partial charge in [0.25, 0.3) is 0 Å². The minimum atomic E-state index is -1.01. The number of benzene rings is 1. The monoisotopic (exact) mass is 364 g/mol. The molecular weight excluding hydrogens is 356 g/mol. The van der Waals surface area contributed by atoms with Crippen LogP contribution in [-0.4, -0.2) is 25.3 Å². The Balaban J connectivity index is 3.34. The summed E-state index contributed by atoms with van der Waals surface area (Å²) in [6.07, 6.45) is 2.53. The molecule has 17 heavy (non-hydrogen) atoms. The molecule has 0 unspecified atom stereocenters. The normalized spacial score (nSPS) is 10.6. The second kappa shape index (κ2) is 6.07. The molecule has 0 spiro atoms. The Morgan fingerprint density at radius 3 is 2.41 bits per heavy atom. The third kappa shape index (κ3) is 3.23. The van der Waals surface area contributed by atoms with Crippen LogP contribution in [0.5, 0.6) is 11.5 Å². The summed E-state index contributed by atoms with van der Waals surface area (Å²) in [5.74, 6) is 0.0577. The average Bonchev–Trinajstić information content (AvgIpc) is 2.30. The molecule has 0 radical (unpaired) electrons. The Morgan fingerprint density at radius 2 is 1.94 bits per heavy atom. The molecule has 1 rings (SSSR count). The lowest BCUT2D eigenvalue weighted by Gasteiger charge is -2.12. The molecule has 0 bridgehead atoms. The SMILES string of the molecule is COc1cc(C=CC(=O)O)c(Br)c(Br)c1OC. The number of carbonyl (C=O) groups is 1. The van der Waals surface area contributed by atoms with Gasteiger partial charge in [-0.15, -0.1) is 0 Å². The molecule has 0 amide bonds. The Morgan fingerprint density at radius 1 is 1.29 bits per heavy atom. The van der Waals surface area contributed by atoms with E-state index in [0.717, 1.165) is 6.08 Å². The molecule has 0 saturated carbocycles. The van der Waals surface area contributed by atoms with Gasteiger partial charge in [0.05, 0.1) is 18.7 Å². The number of carboxylic acids is 1. The fraction of sp³-hybridized carbons (Fsp3) is 0.182. The maximum Gasteiger partial charge on any atom is 0.328 e. The van der Waals surface area contributed by atoms with Gasteiger partial charge in [0.2, 0.25) is 0 Å². The molecule has 0 saturated heterocycles. The highest BCUT2D eigenvalue weighted by Crippen LogP contribution is 2.42. The van der Waals surface area contributed by atoms with E-state index in [1.165, 1.54) is 20.3 Å². The van der Waals surface area contributed by atoms with Crippen molar-refractivity contribution in [1.29, 1.82) is 0 Å². The number of methoxy groups -OCH3 is 2. The zero-order valence-corrected chi connectivity index (χ0v) is 12.3. The first-order chi connectivity index (χ1) is 8.01. The molecule has 0 aliphatic carbocycles. The van der Waals surface area contributed by atoms with Crippen molar-refractivity contribution >= 4 is 43.9 Å². The maximum absolute atomic E-state index is 10.5. The van der Waals surface area contributed by atoms with Crippen molar-refractivity contribution in [3.05, 3.63) is 26.7 Å². The number of ether oxygens (including phenoxy) is 2. The van der Waals surface area contributed by atoms with E-state index in [1.807, 2.05) is 0 Å². The maximum atomic E-state index is 10.5. The van der Waals surface area contributed by atoms with Crippen LogP contribution in [0.4, 0.5) is 0 Å². The molecular formula is C11H10Br2O4. The summed E-state index contributed by atoms with van der Waals surface area (Å²) in [7, 11) is 3.05. The van der Waals surface area contributed by atoms with Gasteiger partial charge in [0.15, 0.2) is 11.5 Å². The van der Waals surface area contributed by atoms with Crippen molar-refractivity contribution in [2.75, 3.05) is 14.2 Å². The zero-order chi connectivity index (χ0) is 13.0. The first-order valence-corrected chi connectivity index (χ1v) is 6.10. The molecule has 1 N–H and O–H groups in total. The molecule has 1 aromatic carbocycles. The second-order valence-electron chi connectivity index (χ2n) is 3.00. The molecule has 0 aliphatic heterocycles. The molecule has 4 nitrogen and oxygen atoms in total. The predicted molar refractivity (Wildman–Crippen MR) is 71.6 cm³/mol. The van der Waals surface area contributed by atoms with Gasteiger partial charge in [-0.3, -0.25) is 0 Å². The summed E-state index contributed by atoms with van der Waals surface area (Å²) >= 11 is 6.72. The number of hydrogen-bond acceptors (Lipinski definition) is 3. The Labute approximate surface area is 115 Å². The van der Waals surface area contributed by atoms with Gasteiger partial charge in [0.1, 0.15) is 0 Å². The second-order valence-corrected chi connectivity index (χ2v) is 4.59. The highest BCUT2D eigenvalue weighted by molar-refractivity contribution is 9.13. The Bertz CT molecular complexity index is 469. The highest BCUT2D eigenvalue weighted by Gasteiger charge is 2.14. The smallest absolute Gasteiger partial charge is 0.328 e. The van der Waals surface area contributed by atoms with Crippen molar-refractivity contribution in [1.82, 2.24) is 0 Å². The van der Waals surface area contributed by atoms with Crippen molar-refractivity contribution in [2.24, 2.45) is 0 Å². The van der Waals surface area contributed by atoms with Crippen LogP contribution in [0, 0.1) is 0 Å². The van der Waals surface area contributed by atoms with Crippen LogP contribution < -0.4 is 9.47 Å². The van der Waals surface area contributed by atoms with E-state index in [4.69, 9.17) is 14.6 Å². The topological polar surface area (TPSA) is 55.8 Å². The summed E-state index contributed by atoms with van der Waals surface area (Å²) < 4.78 is 11.7. The standard InChI is InChI=1S/C11H10Br2O4/c1-16-7-5-6(3-4-8(14)15)9(12)10(13)11(7)17-2/h3-5H,1-2H3,(H,14,15). The summed E-state index contributed by atoms with van der Waals surface area (Å²) in [5.41, 5.74) is 0.678. The van der Waals surface area contributed by atoms with Gasteiger partial charge in [-0.05, 0) is 49.6 Å². The lowest BCUT2D eigenvalue weighted by molar-refractivity contribution is -0.131. The van der Waals surface area contributed by atoms with Crippen LogP contribution in [-0.2, 0) is 4.79 Å². The van der Waals surface area contributed by atoms with Gasteiger partial charge < -0.3 is 14.6 Å². The van der Waals surface area contributed by atoms with Gasteiger partial charge in [-0.2, -0.15) is 0 Å². The van der Waals surface area contributed by atoms with Crippen molar-refractivity contribution in [3.8, 4) is 11.5 Å². The minimum absolute atomic E-state index is 0.521. The van der Waals surface area contributed by atoms with Crippen molar-refractivity contribution in [3.63, 3.8) is 0 Å². The number of halogens is 2. The van der Waals surface area contributed by atoms with E-state index < -0.39 is 5.97 Å². The molecule has 0 aromatic heterocycles. The van der Waals surface area contributed by atoms with E-state index in [9.17, 15) is 4.79 Å². The van der Waals surface area contributed by atoms with Crippen LogP contribution in [0.15, 0.2) is 21.1 Å². The van der Waals surface area contributed by atoms with E-state index in [2.05, 4.69) is 31.9 Å². The van der Waals surface area contributed by atoms with Crippen LogP contribution in [0.25, 0.3) is 6.08 Å². The molecule has 0 fully saturated rings. The van der Waals surface area contributed by atoms with Crippen molar-refractivity contribution < 1.29 is 19.4 Å². The molecule has 6 heteroatoms. The van der Waals surface area contributed by atoms with Crippen LogP contribution in [0.3, 0.4) is 0 Å². The molecule has 1 aromatic rings. The minimum Gasteiger partial charge on any atom is -0.493 e. The fourth-order valence-corrected chi connectivity index (χ4v) is 2.24. The molecule has 0 aliphatic rings. The highest BCUT2D eigenvalue weighted by atomic mass is 79.9. The van der Waals surface area contributed by atoms with E-state index in [1.54, 1.807) is 6.07 Å². The molecule has 92 valence electrons. The first-order valence-electron chi connectivity index (χ1n) is 4.52. The number of hydrogen-bond donors (Lipinski definition) is 1. The summed E-state index contributed by atoms with van der Waals surface area (Å²) in [4.78, 5) is 10.5. The Kier molecular flexibility index (Phi) is 5.02. The fourth-order valence-electron chi connectivity index (χ4n) is 1.23. The quantitative estimate of drug-likeness (QED) is 0.831. The van der Waals surface area contributed by atoms with Crippen LogP contribution in [0.2, 0.25) is 0 Å². The summed E-state index contributed by atoms with van der Waals surface area (Å²) in [5, 5.41) is 8.59. The van der Waals surface area contributed by atoms with E-state index >= 15 is 0 Å². The van der Waals surface area contributed by atoms with Gasteiger partial charge in [-0.25, -0.2) is 4.79 Å². The van der Waals surface area contributed by atoms with Crippen LogP contribution >= 0.6 is 31.9 Å². The largest absolute Gasteiger partial charge is 0.493 e. The lowest BCUT2D eigenvalue weighted by atomic mass is 10.2. The summed E-state index contributed by atoms with van der Waals surface area (Å²) in [6.45, 7) is 0. The lowest BCUT2D eigenvalue weighted by Crippen LogP contribution is -1.94. The predicted octanol–water partition coefficient (Wildman–Crippen LogP) is 3.33. The zero-order valence-electron chi connectivity index (χ0n) is 9.16. The van der Waals surface area contributed by atoms with Crippen LogP contribution in [0.1, 0.15) is 5.56 Å². The van der Waals surface area contributed by atoms with E-state index in [0.29, 0.717) is 26.0 Å². The van der Waals surface area contributed by atoms with Gasteiger partial charge in [0, 0.05) is 10.5 Å². The number of rotatable bonds is 4.